The number of hydrogen-bond donors (Lipinski definition) is 2. The second kappa shape index (κ2) is 6.85. The Balaban J connectivity index is 1.95. The van der Waals surface area contributed by atoms with Crippen LogP contribution in [0.3, 0.4) is 0 Å². The molecule has 134 valence electrons. The van der Waals surface area contributed by atoms with Gasteiger partial charge in [-0.15, -0.1) is 0 Å². The van der Waals surface area contributed by atoms with Crippen LogP contribution >= 0.6 is 0 Å². The molecule has 0 fully saturated rings. The predicted molar refractivity (Wildman–Crippen MR) is 88.8 cm³/mol. The van der Waals surface area contributed by atoms with E-state index < -0.39 is 29.3 Å². The van der Waals surface area contributed by atoms with Gasteiger partial charge < -0.3 is 10.3 Å². The third-order valence-electron chi connectivity index (χ3n) is 3.51. The van der Waals surface area contributed by atoms with Crippen LogP contribution in [0.15, 0.2) is 54.2 Å². The molecule has 1 aliphatic rings. The summed E-state index contributed by atoms with van der Waals surface area (Å²) in [5.41, 5.74) is 5.47. The molecule has 27 heavy (non-hydrogen) atoms. The number of aromatic nitrogens is 1. The number of Topliss-reactive ketones (excluding diaryl/α,β-unsaturated/α-hetero) is 1. The minimum absolute atomic E-state index is 0.0809. The molecule has 2 aromatic rings. The first-order valence-electron chi connectivity index (χ1n) is 7.43. The molecule has 3 rings (SSSR count). The third-order valence-corrected chi connectivity index (χ3v) is 3.51. The first kappa shape index (κ1) is 17.4. The first-order valence-corrected chi connectivity index (χ1v) is 7.43. The molecule has 10 heteroatoms. The number of ketones is 1. The lowest BCUT2D eigenvalue weighted by Crippen LogP contribution is -2.38. The molecule has 0 atom stereocenters. The number of benzene rings is 1. The number of rotatable bonds is 3. The van der Waals surface area contributed by atoms with Crippen LogP contribution in [0.4, 0.5) is 0 Å². The van der Waals surface area contributed by atoms with Crippen molar-refractivity contribution < 1.29 is 24.1 Å². The number of hydroxylamine groups is 2. The highest BCUT2D eigenvalue weighted by Gasteiger charge is 2.31. The van der Waals surface area contributed by atoms with Gasteiger partial charge in [0.05, 0.1) is 0 Å². The lowest BCUT2D eigenvalue weighted by Gasteiger charge is -2.15. The zero-order chi connectivity index (χ0) is 19.6. The number of nitrogens with one attached hydrogen (secondary N) is 1. The van der Waals surface area contributed by atoms with Crippen LogP contribution in [0.25, 0.3) is 5.69 Å². The lowest BCUT2D eigenvalue weighted by molar-refractivity contribution is -0.275. The van der Waals surface area contributed by atoms with Crippen molar-refractivity contribution in [1.29, 1.82) is 10.7 Å². The van der Waals surface area contributed by atoms with E-state index >= 15 is 0 Å². The number of nitriles is 1. The molecule has 0 bridgehead atoms. The average Bonchev–Trinajstić information content (AvgIpc) is 3.07. The Morgan fingerprint density at radius 2 is 1.96 bits per heavy atom. The molecule has 0 unspecified atom stereocenters. The van der Waals surface area contributed by atoms with Gasteiger partial charge in [0.1, 0.15) is 17.3 Å². The van der Waals surface area contributed by atoms with E-state index in [1.54, 1.807) is 35.0 Å². The van der Waals surface area contributed by atoms with Crippen molar-refractivity contribution in [2.45, 2.75) is 0 Å². The molecule has 10 nitrogen and oxygen atoms in total. The van der Waals surface area contributed by atoms with E-state index in [9.17, 15) is 14.4 Å². The van der Waals surface area contributed by atoms with E-state index in [-0.39, 0.29) is 10.8 Å². The average molecular weight is 365 g/mol. The molecule has 0 saturated heterocycles. The molecule has 0 radical (unpaired) electrons. The van der Waals surface area contributed by atoms with Crippen molar-refractivity contribution in [2.75, 3.05) is 0 Å². The molecule has 0 saturated carbocycles. The number of carbonyl (C=O) groups excluding carboxylic acids is 3. The number of guanidine groups is 1. The third kappa shape index (κ3) is 3.38. The summed E-state index contributed by atoms with van der Waals surface area (Å²) in [5, 5.41) is 16.4. The predicted octanol–water partition coefficient (Wildman–Crippen LogP) is 0.584. The van der Waals surface area contributed by atoms with Crippen LogP contribution in [0.2, 0.25) is 0 Å². The Labute approximate surface area is 152 Å². The van der Waals surface area contributed by atoms with E-state index in [2.05, 4.69) is 9.68 Å². The van der Waals surface area contributed by atoms with Gasteiger partial charge >= 0.3 is 11.9 Å². The van der Waals surface area contributed by atoms with Gasteiger partial charge in [-0.25, -0.2) is 9.59 Å². The highest BCUT2D eigenvalue weighted by molar-refractivity contribution is 6.26. The standard InChI is InChI=1S/C17H11N5O5/c18-9-12-5-2-6-21(12)11-4-1-3-10(7-11)15(24)13-8-14(23)26-22(17(19)20)27-16(13)25/h1-8H,(H3,19,20). The van der Waals surface area contributed by atoms with Gasteiger partial charge in [-0.1, -0.05) is 12.1 Å². The van der Waals surface area contributed by atoms with Crippen LogP contribution in [0, 0.1) is 16.7 Å². The highest BCUT2D eigenvalue weighted by Crippen LogP contribution is 2.19. The van der Waals surface area contributed by atoms with E-state index in [4.69, 9.17) is 16.4 Å². The Hall–Kier alpha value is -4.39. The smallest absolute Gasteiger partial charge is 0.365 e. The van der Waals surface area contributed by atoms with Gasteiger partial charge in [0.15, 0.2) is 0 Å². The van der Waals surface area contributed by atoms with Crippen LogP contribution in [-0.4, -0.2) is 33.5 Å². The van der Waals surface area contributed by atoms with E-state index in [0.29, 0.717) is 17.5 Å². The van der Waals surface area contributed by atoms with Crippen molar-refractivity contribution in [3.8, 4) is 11.8 Å². The van der Waals surface area contributed by atoms with Crippen LogP contribution in [-0.2, 0) is 19.3 Å². The monoisotopic (exact) mass is 365 g/mol. The molecule has 2 heterocycles. The number of nitrogens with zero attached hydrogens (tertiary/aromatic N) is 3. The fourth-order valence-corrected chi connectivity index (χ4v) is 2.33. The van der Waals surface area contributed by atoms with Gasteiger partial charge in [-0.2, -0.15) is 5.26 Å². The Kier molecular flexibility index (Phi) is 4.42. The molecule has 1 aliphatic heterocycles. The van der Waals surface area contributed by atoms with Gasteiger partial charge in [0, 0.05) is 28.8 Å². The van der Waals surface area contributed by atoms with E-state index in [1.807, 2.05) is 6.07 Å². The van der Waals surface area contributed by atoms with Crippen molar-refractivity contribution in [1.82, 2.24) is 9.79 Å². The van der Waals surface area contributed by atoms with Gasteiger partial charge in [-0.05, 0) is 24.3 Å². The van der Waals surface area contributed by atoms with Crippen LogP contribution in [0.5, 0.6) is 0 Å². The zero-order valence-corrected chi connectivity index (χ0v) is 13.6. The second-order valence-corrected chi connectivity index (χ2v) is 5.24. The molecule has 0 spiro atoms. The van der Waals surface area contributed by atoms with Crippen LogP contribution in [0.1, 0.15) is 16.1 Å². The summed E-state index contributed by atoms with van der Waals surface area (Å²) in [6.07, 6.45) is 2.31. The largest absolute Gasteiger partial charge is 0.371 e. The van der Waals surface area contributed by atoms with Crippen molar-refractivity contribution in [3.63, 3.8) is 0 Å². The Morgan fingerprint density at radius 1 is 1.19 bits per heavy atom. The molecule has 0 amide bonds. The number of hydrogen-bond acceptors (Lipinski definition) is 7. The van der Waals surface area contributed by atoms with Crippen LogP contribution < -0.4 is 5.73 Å². The summed E-state index contributed by atoms with van der Waals surface area (Å²) >= 11 is 0. The quantitative estimate of drug-likeness (QED) is 0.347. The maximum atomic E-state index is 12.7. The molecule has 3 N–H and O–H groups in total. The molecular weight excluding hydrogens is 354 g/mol. The fourth-order valence-electron chi connectivity index (χ4n) is 2.33. The Morgan fingerprint density at radius 3 is 2.67 bits per heavy atom. The minimum atomic E-state index is -1.20. The van der Waals surface area contributed by atoms with Crippen molar-refractivity contribution >= 4 is 23.7 Å². The second-order valence-electron chi connectivity index (χ2n) is 5.24. The van der Waals surface area contributed by atoms with Gasteiger partial charge in [0.2, 0.25) is 5.78 Å². The van der Waals surface area contributed by atoms with E-state index in [1.165, 1.54) is 12.1 Å². The summed E-state index contributed by atoms with van der Waals surface area (Å²) in [6.45, 7) is 0. The van der Waals surface area contributed by atoms with Gasteiger partial charge in [-0.3, -0.25) is 19.9 Å². The van der Waals surface area contributed by atoms with E-state index in [0.717, 1.165) is 0 Å². The first-order chi connectivity index (χ1) is 12.9. The molecular formula is C17H11N5O5. The maximum Gasteiger partial charge on any atom is 0.371 e. The van der Waals surface area contributed by atoms with Crippen molar-refractivity contribution in [3.05, 3.63) is 65.5 Å². The Bertz CT molecular complexity index is 1050. The number of nitrogens with two attached hydrogens (primary N) is 1. The zero-order valence-electron chi connectivity index (χ0n) is 13.6. The van der Waals surface area contributed by atoms with Gasteiger partial charge in [0.25, 0.3) is 5.96 Å². The summed E-state index contributed by atoms with van der Waals surface area (Å²) in [4.78, 5) is 45.6. The lowest BCUT2D eigenvalue weighted by atomic mass is 10.0. The minimum Gasteiger partial charge on any atom is -0.365 e. The molecule has 0 aliphatic carbocycles. The summed E-state index contributed by atoms with van der Waals surface area (Å²) in [5.74, 6) is -3.95. The molecule has 1 aromatic heterocycles. The number of carbonyl (C=O) groups is 3. The molecule has 1 aromatic carbocycles. The SMILES string of the molecule is N#Cc1cccn1-c1cccc(C(=O)C2=CC(=O)ON(C(=N)N)OC2=O)c1. The highest BCUT2D eigenvalue weighted by atomic mass is 17.0. The topological polar surface area (TPSA) is 152 Å². The maximum absolute atomic E-state index is 12.7. The summed E-state index contributed by atoms with van der Waals surface area (Å²) in [6, 6.07) is 11.4. The normalized spacial score (nSPS) is 13.7. The summed E-state index contributed by atoms with van der Waals surface area (Å²) in [7, 11) is 0. The van der Waals surface area contributed by atoms with Crippen molar-refractivity contribution in [2.24, 2.45) is 5.73 Å². The fraction of sp³-hybridized carbons (Fsp3) is 0. The summed E-state index contributed by atoms with van der Waals surface area (Å²) < 4.78 is 1.56.